The summed E-state index contributed by atoms with van der Waals surface area (Å²) in [5, 5.41) is 43.7. The van der Waals surface area contributed by atoms with Crippen LogP contribution in [0, 0.1) is 57.2 Å². The molecular formula is C70H104N4S4. The van der Waals surface area contributed by atoms with E-state index >= 15 is 0 Å². The first-order valence-electron chi connectivity index (χ1n) is 32.7. The van der Waals surface area contributed by atoms with Gasteiger partial charge in [0.15, 0.2) is 0 Å². The second-order valence-corrected chi connectivity index (χ2v) is 27.8. The van der Waals surface area contributed by atoms with Crippen molar-refractivity contribution in [2.24, 2.45) is 11.8 Å². The minimum absolute atomic E-state index is 0.256. The molecule has 1 aromatic carbocycles. The standard InChI is InChI=1S/C70H104N4S4/c1-5-9-13-17-21-25-27-31-35-39-43-55(41-37-33-29-23-19-15-11-7-3)45-47-59-65(57(51-71)52-72)77-69-61-49-64-62(50-63(61)75-67(59)69)70-68(76-64)60(66(78-70)58(53-73)54-74)48-46-56(42-38-34-30-24-20-16-12-8-4)44-40-36-32-28-26-22-18-14-10-6-2/h49-50,55-56H,5-48H2,1-4H3. The van der Waals surface area contributed by atoms with Crippen LogP contribution in [0.2, 0.25) is 0 Å². The van der Waals surface area contributed by atoms with Crippen molar-refractivity contribution in [2.45, 2.75) is 310 Å². The zero-order valence-electron chi connectivity index (χ0n) is 49.8. The number of nitriles is 4. The van der Waals surface area contributed by atoms with Gasteiger partial charge in [-0.15, -0.1) is 45.3 Å². The molecule has 78 heavy (non-hydrogen) atoms. The molecular weight excluding hydrogens is 1030 g/mol. The SMILES string of the molecule is CCCCCCCCCCCCC(CCCCCCCCCC)CCc1c(=C(C#N)C#N)sc2c1sc1cc3c(cc12)sc1c(CCC(CCCCCCCCCC)CCCCCCCCCCCC)c(=C(C#N)C#N)sc13. The van der Waals surface area contributed by atoms with Crippen molar-refractivity contribution in [3.05, 3.63) is 32.3 Å². The number of fused-ring (bicyclic) bond motifs is 6. The van der Waals surface area contributed by atoms with Crippen molar-refractivity contribution in [1.82, 2.24) is 0 Å². The van der Waals surface area contributed by atoms with E-state index in [0.717, 1.165) is 34.7 Å². The number of benzene rings is 1. The van der Waals surface area contributed by atoms with Crippen molar-refractivity contribution in [1.29, 1.82) is 21.0 Å². The van der Waals surface area contributed by atoms with E-state index in [1.165, 1.54) is 307 Å². The maximum absolute atomic E-state index is 10.3. The fourth-order valence-corrected chi connectivity index (χ4v) is 18.0. The van der Waals surface area contributed by atoms with E-state index in [9.17, 15) is 21.0 Å². The van der Waals surface area contributed by atoms with E-state index < -0.39 is 0 Å². The summed E-state index contributed by atoms with van der Waals surface area (Å²) >= 11 is 7.03. The second kappa shape index (κ2) is 40.0. The summed E-state index contributed by atoms with van der Waals surface area (Å²) < 4.78 is 9.23. The predicted octanol–water partition coefficient (Wildman–Crippen LogP) is 23.7. The second-order valence-electron chi connectivity index (χ2n) is 23.7. The summed E-state index contributed by atoms with van der Waals surface area (Å²) in [6, 6.07) is 14.0. The molecule has 0 spiro atoms. The summed E-state index contributed by atoms with van der Waals surface area (Å²) in [5.74, 6) is 1.32. The number of hydrogen-bond acceptors (Lipinski definition) is 8. The first-order chi connectivity index (χ1) is 38.5. The molecule has 5 rings (SSSR count). The molecule has 0 radical (unpaired) electrons. The molecule has 2 unspecified atom stereocenters. The summed E-state index contributed by atoms with van der Waals surface area (Å²) in [7, 11) is 0. The third-order valence-electron chi connectivity index (χ3n) is 17.3. The van der Waals surface area contributed by atoms with Crippen LogP contribution in [0.15, 0.2) is 12.1 Å². The van der Waals surface area contributed by atoms with Gasteiger partial charge in [-0.3, -0.25) is 0 Å². The number of nitrogens with zero attached hydrogens (tertiary/aromatic N) is 4. The molecule has 0 N–H and O–H groups in total. The van der Waals surface area contributed by atoms with E-state index in [0.29, 0.717) is 11.8 Å². The lowest BCUT2D eigenvalue weighted by atomic mass is 9.89. The van der Waals surface area contributed by atoms with E-state index in [2.05, 4.69) is 64.1 Å². The number of unbranched alkanes of at least 4 members (excludes halogenated alkanes) is 32. The number of hydrogen-bond donors (Lipinski definition) is 0. The predicted molar refractivity (Wildman–Crippen MR) is 347 cm³/mol. The van der Waals surface area contributed by atoms with Crippen molar-refractivity contribution in [3.63, 3.8) is 0 Å². The topological polar surface area (TPSA) is 95.2 Å². The van der Waals surface area contributed by atoms with Gasteiger partial charge in [-0.25, -0.2) is 0 Å². The van der Waals surface area contributed by atoms with Crippen LogP contribution in [-0.4, -0.2) is 0 Å². The van der Waals surface area contributed by atoms with Gasteiger partial charge in [0, 0.05) is 20.2 Å². The third kappa shape index (κ3) is 21.9. The molecule has 8 heteroatoms. The molecule has 0 aliphatic carbocycles. The molecule has 428 valence electrons. The van der Waals surface area contributed by atoms with Crippen LogP contribution in [-0.2, 0) is 12.8 Å². The van der Waals surface area contributed by atoms with Crippen molar-refractivity contribution >= 4 is 95.5 Å². The van der Waals surface area contributed by atoms with Crippen LogP contribution < -0.4 is 9.06 Å². The fraction of sp³-hybridized carbons (Fsp3) is 0.714. The first kappa shape index (κ1) is 65.6. The largest absolute Gasteiger partial charge is 0.192 e. The van der Waals surface area contributed by atoms with Crippen LogP contribution in [0.5, 0.6) is 0 Å². The van der Waals surface area contributed by atoms with E-state index in [1.807, 2.05) is 22.7 Å². The van der Waals surface area contributed by atoms with Crippen molar-refractivity contribution in [3.8, 4) is 24.3 Å². The zero-order chi connectivity index (χ0) is 55.4. The summed E-state index contributed by atoms with van der Waals surface area (Å²) in [5.41, 5.74) is 2.95. The Balaban J connectivity index is 1.37. The van der Waals surface area contributed by atoms with Gasteiger partial charge >= 0.3 is 0 Å². The van der Waals surface area contributed by atoms with Crippen LogP contribution in [0.1, 0.15) is 308 Å². The molecule has 0 saturated carbocycles. The lowest BCUT2D eigenvalue weighted by Gasteiger charge is -2.17. The first-order valence-corrected chi connectivity index (χ1v) is 35.9. The van der Waals surface area contributed by atoms with E-state index in [-0.39, 0.29) is 11.1 Å². The number of rotatable bonds is 46. The molecule has 4 heterocycles. The average Bonchev–Trinajstić information content (AvgIpc) is 4.29. The highest BCUT2D eigenvalue weighted by Gasteiger charge is 2.23. The lowest BCUT2D eigenvalue weighted by Crippen LogP contribution is -2.09. The van der Waals surface area contributed by atoms with Gasteiger partial charge < -0.3 is 0 Å². The van der Waals surface area contributed by atoms with Gasteiger partial charge in [0.25, 0.3) is 0 Å². The van der Waals surface area contributed by atoms with Crippen LogP contribution in [0.4, 0.5) is 0 Å². The molecule has 0 aliphatic heterocycles. The highest BCUT2D eigenvalue weighted by molar-refractivity contribution is 7.34. The Kier molecular flexibility index (Phi) is 33.7. The Hall–Kier alpha value is -3.24. The Morgan fingerprint density at radius 2 is 0.564 bits per heavy atom. The smallest absolute Gasteiger partial charge is 0.147 e. The summed E-state index contributed by atoms with van der Waals surface area (Å²) in [6.07, 6.45) is 57.9. The number of aryl methyl sites for hydroxylation is 2. The Bertz CT molecular complexity index is 2530. The summed E-state index contributed by atoms with van der Waals surface area (Å²) in [6.45, 7) is 9.19. The zero-order valence-corrected chi connectivity index (χ0v) is 53.1. The van der Waals surface area contributed by atoms with Gasteiger partial charge in [-0.2, -0.15) is 21.0 Å². The molecule has 4 nitrogen and oxygen atoms in total. The highest BCUT2D eigenvalue weighted by atomic mass is 32.1. The molecule has 0 saturated heterocycles. The average molecular weight is 1130 g/mol. The van der Waals surface area contributed by atoms with Gasteiger partial charge in [0.1, 0.15) is 35.4 Å². The Labute approximate surface area is 491 Å². The van der Waals surface area contributed by atoms with Gasteiger partial charge in [-0.05, 0) is 60.8 Å². The quantitative estimate of drug-likeness (QED) is 0.0363. The fourth-order valence-electron chi connectivity index (χ4n) is 12.4. The Morgan fingerprint density at radius 1 is 0.321 bits per heavy atom. The van der Waals surface area contributed by atoms with E-state index in [4.69, 9.17) is 0 Å². The minimum Gasteiger partial charge on any atom is -0.192 e. The molecule has 0 bridgehead atoms. The summed E-state index contributed by atoms with van der Waals surface area (Å²) in [4.78, 5) is 0. The minimum atomic E-state index is 0.256. The van der Waals surface area contributed by atoms with Gasteiger partial charge in [-0.1, -0.05) is 285 Å². The van der Waals surface area contributed by atoms with Crippen LogP contribution in [0.25, 0.3) is 50.1 Å². The third-order valence-corrected chi connectivity index (χ3v) is 22.5. The molecule has 4 aromatic heterocycles. The molecule has 0 fully saturated rings. The van der Waals surface area contributed by atoms with Gasteiger partial charge in [0.05, 0.1) is 27.9 Å². The van der Waals surface area contributed by atoms with Crippen molar-refractivity contribution < 1.29 is 0 Å². The van der Waals surface area contributed by atoms with Crippen molar-refractivity contribution in [2.75, 3.05) is 0 Å². The van der Waals surface area contributed by atoms with Crippen LogP contribution in [0.3, 0.4) is 0 Å². The monoisotopic (exact) mass is 1130 g/mol. The van der Waals surface area contributed by atoms with Crippen LogP contribution >= 0.6 is 45.3 Å². The van der Waals surface area contributed by atoms with E-state index in [1.54, 1.807) is 22.7 Å². The Morgan fingerprint density at radius 3 is 0.808 bits per heavy atom. The molecule has 0 amide bonds. The van der Waals surface area contributed by atoms with Gasteiger partial charge in [0.2, 0.25) is 0 Å². The maximum atomic E-state index is 10.3. The molecule has 0 aliphatic rings. The molecule has 5 aromatic rings. The number of thiophene rings is 4. The maximum Gasteiger partial charge on any atom is 0.147 e. The molecule has 2 atom stereocenters. The normalized spacial score (nSPS) is 12.4. The highest BCUT2D eigenvalue weighted by Crippen LogP contribution is 2.46. The lowest BCUT2D eigenvalue weighted by molar-refractivity contribution is 0.380.